The van der Waals surface area contributed by atoms with Gasteiger partial charge in [-0.2, -0.15) is 13.8 Å². The van der Waals surface area contributed by atoms with E-state index in [0.717, 1.165) is 5.92 Å². The van der Waals surface area contributed by atoms with Crippen molar-refractivity contribution in [3.8, 4) is 0 Å². The third-order valence-corrected chi connectivity index (χ3v) is 1.94. The van der Waals surface area contributed by atoms with Crippen LogP contribution in [0, 0.1) is 17.8 Å². The Morgan fingerprint density at radius 3 is 2.09 bits per heavy atom. The van der Waals surface area contributed by atoms with Gasteiger partial charge in [-0.05, 0) is 12.3 Å². The van der Waals surface area contributed by atoms with Crippen molar-refractivity contribution >= 4 is 0 Å². The zero-order valence-corrected chi connectivity index (χ0v) is 8.52. The maximum absolute atomic E-state index is 2.30. The quantitative estimate of drug-likeness (QED) is 0.425. The molecule has 0 aromatic heterocycles. The highest BCUT2D eigenvalue weighted by Gasteiger charge is 1.90. The molecular formula is C11H21-. The lowest BCUT2D eigenvalue weighted by molar-refractivity contribution is 0.655. The van der Waals surface area contributed by atoms with Crippen molar-refractivity contribution in [1.82, 2.24) is 0 Å². The molecule has 0 aliphatic rings. The molecule has 0 bridgehead atoms. The van der Waals surface area contributed by atoms with Gasteiger partial charge in [-0.1, -0.05) is 26.8 Å². The van der Waals surface area contributed by atoms with Crippen LogP contribution in [0.1, 0.15) is 41.0 Å². The van der Waals surface area contributed by atoms with Crippen molar-refractivity contribution in [3.63, 3.8) is 0 Å². The number of hydrogen-bond acceptors (Lipinski definition) is 0. The van der Waals surface area contributed by atoms with Gasteiger partial charge in [-0.15, -0.1) is 12.0 Å². The van der Waals surface area contributed by atoms with E-state index in [1.807, 2.05) is 0 Å². The van der Waals surface area contributed by atoms with Gasteiger partial charge >= 0.3 is 0 Å². The highest BCUT2D eigenvalue weighted by Crippen LogP contribution is 2.14. The summed E-state index contributed by atoms with van der Waals surface area (Å²) in [4.78, 5) is 0. The molecule has 11 heavy (non-hydrogen) atoms. The predicted molar refractivity (Wildman–Crippen MR) is 52.4 cm³/mol. The van der Waals surface area contributed by atoms with Gasteiger partial charge in [0.1, 0.15) is 0 Å². The van der Waals surface area contributed by atoms with Gasteiger partial charge < -0.3 is 5.92 Å². The van der Waals surface area contributed by atoms with Gasteiger partial charge in [0, 0.05) is 0 Å². The smallest absolute Gasteiger partial charge is 0.0328 e. The van der Waals surface area contributed by atoms with Crippen LogP contribution in [-0.4, -0.2) is 0 Å². The fraction of sp³-hybridized carbons (Fsp3) is 0.727. The predicted octanol–water partition coefficient (Wildman–Crippen LogP) is 3.84. The minimum atomic E-state index is 0.647. The standard InChI is InChI=1S/C11H21/c1-9(2)7-6-8-11(5)10(3)4/h6,8-9,11H,7H2,1-5H3/q-1/b8-6-. The first-order valence-corrected chi connectivity index (χ1v) is 4.50. The maximum Gasteiger partial charge on any atom is -0.0328 e. The van der Waals surface area contributed by atoms with Gasteiger partial charge in [0.05, 0.1) is 0 Å². The van der Waals surface area contributed by atoms with Crippen molar-refractivity contribution < 1.29 is 0 Å². The van der Waals surface area contributed by atoms with E-state index in [1.54, 1.807) is 0 Å². The molecule has 0 saturated heterocycles. The summed E-state index contributed by atoms with van der Waals surface area (Å²) in [5.74, 6) is 2.93. The summed E-state index contributed by atoms with van der Waals surface area (Å²) in [7, 11) is 0. The van der Waals surface area contributed by atoms with E-state index in [4.69, 9.17) is 0 Å². The molecule has 0 nitrogen and oxygen atoms in total. The summed E-state index contributed by atoms with van der Waals surface area (Å²) in [6.07, 6.45) is 5.80. The largest absolute Gasteiger partial charge is 0.313 e. The van der Waals surface area contributed by atoms with Gasteiger partial charge in [-0.3, -0.25) is 0 Å². The Kier molecular flexibility index (Phi) is 5.27. The molecule has 0 radical (unpaired) electrons. The Balaban J connectivity index is 3.56. The molecule has 0 rings (SSSR count). The van der Waals surface area contributed by atoms with Crippen LogP contribution in [0.3, 0.4) is 0 Å². The molecule has 1 atom stereocenters. The minimum absolute atomic E-state index is 0.647. The summed E-state index contributed by atoms with van der Waals surface area (Å²) in [6.45, 7) is 11.1. The van der Waals surface area contributed by atoms with Crippen LogP contribution in [0.25, 0.3) is 0 Å². The van der Waals surface area contributed by atoms with Crippen molar-refractivity contribution in [2.45, 2.75) is 41.0 Å². The first-order chi connectivity index (χ1) is 5.04. The lowest BCUT2D eigenvalue weighted by atomic mass is 9.97. The topological polar surface area (TPSA) is 0 Å². The average Bonchev–Trinajstić information content (AvgIpc) is 1.86. The fourth-order valence-electron chi connectivity index (χ4n) is 0.747. The van der Waals surface area contributed by atoms with Crippen LogP contribution < -0.4 is 0 Å². The Hall–Kier alpha value is -0.260. The molecule has 0 spiro atoms. The molecule has 0 aromatic carbocycles. The molecule has 0 saturated carbocycles. The first-order valence-electron chi connectivity index (χ1n) is 4.50. The summed E-state index contributed by atoms with van der Waals surface area (Å²) in [5.41, 5.74) is 0. The van der Waals surface area contributed by atoms with Crippen molar-refractivity contribution in [3.05, 3.63) is 18.1 Å². The van der Waals surface area contributed by atoms with Gasteiger partial charge in [0.25, 0.3) is 0 Å². The van der Waals surface area contributed by atoms with E-state index in [2.05, 4.69) is 46.8 Å². The second-order valence-corrected chi connectivity index (χ2v) is 3.92. The maximum atomic E-state index is 2.30. The lowest BCUT2D eigenvalue weighted by Gasteiger charge is -2.23. The van der Waals surface area contributed by atoms with Gasteiger partial charge in [0.2, 0.25) is 0 Å². The van der Waals surface area contributed by atoms with Crippen LogP contribution in [0.5, 0.6) is 0 Å². The molecule has 1 unspecified atom stereocenters. The zero-order chi connectivity index (χ0) is 8.85. The molecule has 0 amide bonds. The molecule has 0 aliphatic carbocycles. The third kappa shape index (κ3) is 6.15. The summed E-state index contributed by atoms with van der Waals surface area (Å²) < 4.78 is 0. The summed E-state index contributed by atoms with van der Waals surface area (Å²) >= 11 is 0. The van der Waals surface area contributed by atoms with E-state index in [-0.39, 0.29) is 0 Å². The second kappa shape index (κ2) is 5.40. The van der Waals surface area contributed by atoms with Gasteiger partial charge in [-0.25, -0.2) is 0 Å². The molecule has 0 fully saturated rings. The van der Waals surface area contributed by atoms with Crippen molar-refractivity contribution in [1.29, 1.82) is 0 Å². The molecule has 66 valence electrons. The van der Waals surface area contributed by atoms with Crippen LogP contribution >= 0.6 is 0 Å². The van der Waals surface area contributed by atoms with Gasteiger partial charge in [0.15, 0.2) is 0 Å². The zero-order valence-electron chi connectivity index (χ0n) is 8.52. The molecule has 0 aromatic rings. The Morgan fingerprint density at radius 2 is 1.73 bits per heavy atom. The summed E-state index contributed by atoms with van der Waals surface area (Å²) in [5, 5.41) is 0. The van der Waals surface area contributed by atoms with Crippen molar-refractivity contribution in [2.75, 3.05) is 0 Å². The lowest BCUT2D eigenvalue weighted by Crippen LogP contribution is -1.96. The normalized spacial score (nSPS) is 15.2. The van der Waals surface area contributed by atoms with Crippen LogP contribution in [0.15, 0.2) is 12.2 Å². The monoisotopic (exact) mass is 153 g/mol. The molecule has 0 heterocycles. The molecular weight excluding hydrogens is 132 g/mol. The number of hydrogen-bond donors (Lipinski definition) is 0. The first kappa shape index (κ1) is 10.7. The third-order valence-electron chi connectivity index (χ3n) is 1.94. The highest BCUT2D eigenvalue weighted by atomic mass is 14.1. The molecule has 0 N–H and O–H groups in total. The van der Waals surface area contributed by atoms with E-state index in [1.165, 1.54) is 12.3 Å². The second-order valence-electron chi connectivity index (χ2n) is 3.92. The Labute approximate surface area is 71.7 Å². The van der Waals surface area contributed by atoms with E-state index in [9.17, 15) is 0 Å². The average molecular weight is 153 g/mol. The SMILES string of the molecule is C[C-](C)C(C)/C=C\CC(C)C. The van der Waals surface area contributed by atoms with Crippen LogP contribution in [0.4, 0.5) is 0 Å². The van der Waals surface area contributed by atoms with Crippen LogP contribution in [-0.2, 0) is 0 Å². The Bertz CT molecular complexity index is 109. The fourth-order valence-corrected chi connectivity index (χ4v) is 0.747. The summed E-state index contributed by atoms with van der Waals surface area (Å²) in [6, 6.07) is 0. The molecule has 0 aliphatic heterocycles. The number of rotatable bonds is 4. The molecule has 0 heteroatoms. The minimum Gasteiger partial charge on any atom is -0.313 e. The number of allylic oxidation sites excluding steroid dienone is 2. The van der Waals surface area contributed by atoms with Crippen LogP contribution in [0.2, 0.25) is 0 Å². The highest BCUT2D eigenvalue weighted by molar-refractivity contribution is 4.99. The van der Waals surface area contributed by atoms with E-state index < -0.39 is 0 Å². The Morgan fingerprint density at radius 1 is 1.18 bits per heavy atom. The van der Waals surface area contributed by atoms with Crippen molar-refractivity contribution in [2.24, 2.45) is 11.8 Å². The van der Waals surface area contributed by atoms with E-state index >= 15 is 0 Å². The van der Waals surface area contributed by atoms with E-state index in [0.29, 0.717) is 5.92 Å².